The maximum Gasteiger partial charge on any atom is 0.0572 e. The molecule has 1 aliphatic rings. The van der Waals surface area contributed by atoms with Gasteiger partial charge < -0.3 is 10.1 Å². The third kappa shape index (κ3) is 6.12. The van der Waals surface area contributed by atoms with Gasteiger partial charge in [-0.1, -0.05) is 6.42 Å². The molecule has 16 heavy (non-hydrogen) atoms. The fourth-order valence-corrected chi connectivity index (χ4v) is 2.85. The minimum absolute atomic E-state index is 0.527. The summed E-state index contributed by atoms with van der Waals surface area (Å²) >= 11 is 1.96. The number of ether oxygens (including phenoxy) is 1. The summed E-state index contributed by atoms with van der Waals surface area (Å²) < 4.78 is 5.38. The van der Waals surface area contributed by atoms with Gasteiger partial charge in [0.1, 0.15) is 0 Å². The summed E-state index contributed by atoms with van der Waals surface area (Å²) in [6, 6.07) is 0.756. The van der Waals surface area contributed by atoms with Crippen molar-refractivity contribution in [1.29, 1.82) is 0 Å². The molecule has 3 heteroatoms. The van der Waals surface area contributed by atoms with Gasteiger partial charge in [-0.05, 0) is 57.1 Å². The molecule has 0 amide bonds. The second-order valence-corrected chi connectivity index (χ2v) is 5.70. The first kappa shape index (κ1) is 14.3. The Morgan fingerprint density at radius 2 is 1.88 bits per heavy atom. The summed E-state index contributed by atoms with van der Waals surface area (Å²) in [4.78, 5) is 0. The number of rotatable bonds is 8. The van der Waals surface area contributed by atoms with Gasteiger partial charge in [-0.25, -0.2) is 0 Å². The Labute approximate surface area is 105 Å². The summed E-state index contributed by atoms with van der Waals surface area (Å²) in [6.07, 6.45) is 11.9. The van der Waals surface area contributed by atoms with Gasteiger partial charge >= 0.3 is 0 Å². The van der Waals surface area contributed by atoms with Crippen LogP contribution in [0.3, 0.4) is 0 Å². The zero-order valence-electron chi connectivity index (χ0n) is 10.8. The van der Waals surface area contributed by atoms with E-state index in [2.05, 4.69) is 11.6 Å². The highest BCUT2D eigenvalue weighted by Gasteiger charge is 2.19. The van der Waals surface area contributed by atoms with Crippen molar-refractivity contribution in [3.8, 4) is 0 Å². The molecule has 0 radical (unpaired) electrons. The van der Waals surface area contributed by atoms with Crippen LogP contribution < -0.4 is 5.32 Å². The van der Waals surface area contributed by atoms with E-state index in [1.54, 1.807) is 0 Å². The lowest BCUT2D eigenvalue weighted by molar-refractivity contribution is 0.0626. The van der Waals surface area contributed by atoms with Crippen LogP contribution >= 0.6 is 11.8 Å². The summed E-state index contributed by atoms with van der Waals surface area (Å²) in [5, 5.41) is 3.68. The molecule has 0 aromatic carbocycles. The van der Waals surface area contributed by atoms with Crippen molar-refractivity contribution < 1.29 is 4.74 Å². The fourth-order valence-electron chi connectivity index (χ4n) is 2.36. The van der Waals surface area contributed by atoms with Gasteiger partial charge in [-0.15, -0.1) is 0 Å². The maximum absolute atomic E-state index is 5.38. The molecule has 1 aliphatic carbocycles. The molecule has 0 aromatic rings. The first-order chi connectivity index (χ1) is 7.86. The Balaban J connectivity index is 1.90. The average Bonchev–Trinajstić information content (AvgIpc) is 2.34. The van der Waals surface area contributed by atoms with Crippen molar-refractivity contribution in [1.82, 2.24) is 5.32 Å². The lowest BCUT2D eigenvalue weighted by Gasteiger charge is -2.28. The Hall–Kier alpha value is 0.270. The Bertz CT molecular complexity index is 158. The lowest BCUT2D eigenvalue weighted by Crippen LogP contribution is -2.35. The first-order valence-corrected chi connectivity index (χ1v) is 8.01. The number of unbranched alkanes of at least 4 members (excludes halogenated alkanes) is 2. The number of methoxy groups -OCH3 is 1. The SMILES string of the molecule is COC1CCC(NCCCCCSC)CC1. The predicted octanol–water partition coefficient (Wildman–Crippen LogP) is 3.07. The van der Waals surface area contributed by atoms with Gasteiger partial charge in [0.25, 0.3) is 0 Å². The lowest BCUT2D eigenvalue weighted by atomic mass is 9.93. The molecule has 96 valence electrons. The average molecular weight is 245 g/mol. The summed E-state index contributed by atoms with van der Waals surface area (Å²) in [7, 11) is 1.84. The van der Waals surface area contributed by atoms with E-state index in [1.165, 1.54) is 57.2 Å². The molecule has 1 N–H and O–H groups in total. The molecule has 0 saturated heterocycles. The van der Waals surface area contributed by atoms with Crippen LogP contribution in [0.5, 0.6) is 0 Å². The third-order valence-corrected chi connectivity index (χ3v) is 4.16. The molecule has 1 fully saturated rings. The van der Waals surface area contributed by atoms with E-state index in [-0.39, 0.29) is 0 Å². The quantitative estimate of drug-likeness (QED) is 0.664. The molecule has 0 spiro atoms. The number of nitrogens with one attached hydrogen (secondary N) is 1. The van der Waals surface area contributed by atoms with E-state index in [0.29, 0.717) is 6.10 Å². The van der Waals surface area contributed by atoms with Crippen molar-refractivity contribution in [3.05, 3.63) is 0 Å². The van der Waals surface area contributed by atoms with Gasteiger partial charge in [0.15, 0.2) is 0 Å². The number of hydrogen-bond donors (Lipinski definition) is 1. The van der Waals surface area contributed by atoms with E-state index >= 15 is 0 Å². The Kier molecular flexibility index (Phi) is 8.34. The van der Waals surface area contributed by atoms with Crippen LogP contribution in [0.25, 0.3) is 0 Å². The van der Waals surface area contributed by atoms with Crippen LogP contribution in [0, 0.1) is 0 Å². The molecule has 0 aromatic heterocycles. The molecule has 1 rings (SSSR count). The summed E-state index contributed by atoms with van der Waals surface area (Å²) in [6.45, 7) is 1.21. The summed E-state index contributed by atoms with van der Waals surface area (Å²) in [5.41, 5.74) is 0. The van der Waals surface area contributed by atoms with Gasteiger partial charge in [-0.2, -0.15) is 11.8 Å². The van der Waals surface area contributed by atoms with Crippen molar-refractivity contribution in [2.45, 2.75) is 57.1 Å². The monoisotopic (exact) mass is 245 g/mol. The molecule has 0 atom stereocenters. The van der Waals surface area contributed by atoms with Crippen LogP contribution in [0.15, 0.2) is 0 Å². The van der Waals surface area contributed by atoms with E-state index < -0.39 is 0 Å². The highest BCUT2D eigenvalue weighted by atomic mass is 32.2. The second-order valence-electron chi connectivity index (χ2n) is 4.72. The van der Waals surface area contributed by atoms with Crippen molar-refractivity contribution in [3.63, 3.8) is 0 Å². The number of hydrogen-bond acceptors (Lipinski definition) is 3. The van der Waals surface area contributed by atoms with Gasteiger partial charge in [-0.3, -0.25) is 0 Å². The Morgan fingerprint density at radius 3 is 2.50 bits per heavy atom. The molecule has 0 aliphatic heterocycles. The molecule has 2 nitrogen and oxygen atoms in total. The van der Waals surface area contributed by atoms with E-state index in [1.807, 2.05) is 18.9 Å². The van der Waals surface area contributed by atoms with Crippen molar-refractivity contribution in [2.24, 2.45) is 0 Å². The fraction of sp³-hybridized carbons (Fsp3) is 1.00. The second kappa shape index (κ2) is 9.32. The first-order valence-electron chi connectivity index (χ1n) is 6.62. The highest BCUT2D eigenvalue weighted by molar-refractivity contribution is 7.98. The van der Waals surface area contributed by atoms with Gasteiger partial charge in [0, 0.05) is 13.2 Å². The molecule has 0 heterocycles. The van der Waals surface area contributed by atoms with Crippen LogP contribution in [0.2, 0.25) is 0 Å². The van der Waals surface area contributed by atoms with Crippen molar-refractivity contribution >= 4 is 11.8 Å². The van der Waals surface area contributed by atoms with Crippen LogP contribution in [-0.2, 0) is 4.74 Å². The van der Waals surface area contributed by atoms with Gasteiger partial charge in [0.05, 0.1) is 6.10 Å². The Morgan fingerprint density at radius 1 is 1.12 bits per heavy atom. The zero-order valence-corrected chi connectivity index (χ0v) is 11.7. The highest BCUT2D eigenvalue weighted by Crippen LogP contribution is 2.20. The standard InChI is InChI=1S/C13H27NOS/c1-15-13-8-6-12(7-9-13)14-10-4-3-5-11-16-2/h12-14H,3-11H2,1-2H3. The van der Waals surface area contributed by atoms with Crippen LogP contribution in [0.4, 0.5) is 0 Å². The van der Waals surface area contributed by atoms with E-state index in [9.17, 15) is 0 Å². The van der Waals surface area contributed by atoms with Crippen LogP contribution in [0.1, 0.15) is 44.9 Å². The smallest absolute Gasteiger partial charge is 0.0572 e. The molecule has 1 saturated carbocycles. The summed E-state index contributed by atoms with van der Waals surface area (Å²) in [5.74, 6) is 1.32. The molecular weight excluding hydrogens is 218 g/mol. The largest absolute Gasteiger partial charge is 0.381 e. The minimum atomic E-state index is 0.527. The third-order valence-electron chi connectivity index (χ3n) is 3.47. The molecule has 0 bridgehead atoms. The normalized spacial score (nSPS) is 25.9. The maximum atomic E-state index is 5.38. The zero-order chi connectivity index (χ0) is 11.6. The van der Waals surface area contributed by atoms with E-state index in [0.717, 1.165) is 6.04 Å². The number of thioether (sulfide) groups is 1. The minimum Gasteiger partial charge on any atom is -0.381 e. The van der Waals surface area contributed by atoms with Crippen molar-refractivity contribution in [2.75, 3.05) is 25.7 Å². The van der Waals surface area contributed by atoms with E-state index in [4.69, 9.17) is 4.74 Å². The topological polar surface area (TPSA) is 21.3 Å². The predicted molar refractivity (Wildman–Crippen MR) is 73.3 cm³/mol. The van der Waals surface area contributed by atoms with Gasteiger partial charge in [0.2, 0.25) is 0 Å². The van der Waals surface area contributed by atoms with Crippen LogP contribution in [-0.4, -0.2) is 37.8 Å². The molecular formula is C13H27NOS. The molecule has 0 unspecified atom stereocenters.